The predicted molar refractivity (Wildman–Crippen MR) is 112 cm³/mol. The first kappa shape index (κ1) is 20.2. The van der Waals surface area contributed by atoms with Gasteiger partial charge < -0.3 is 9.64 Å². The molecule has 0 unspecified atom stereocenters. The van der Waals surface area contributed by atoms with Crippen molar-refractivity contribution < 1.29 is 13.9 Å². The third kappa shape index (κ3) is 3.99. The van der Waals surface area contributed by atoms with E-state index in [-0.39, 0.29) is 23.7 Å². The van der Waals surface area contributed by atoms with Crippen molar-refractivity contribution >= 4 is 17.5 Å². The minimum Gasteiger partial charge on any atom is -0.497 e. The number of nitrogens with zero attached hydrogens (tertiary/aromatic N) is 2. The Morgan fingerprint density at radius 1 is 1.21 bits per heavy atom. The Morgan fingerprint density at radius 3 is 2.62 bits per heavy atom. The number of piperidine rings is 1. The molecule has 2 aromatic rings. The lowest BCUT2D eigenvalue weighted by atomic mass is 9.81. The van der Waals surface area contributed by atoms with Crippen LogP contribution in [0.25, 0.3) is 0 Å². The highest BCUT2D eigenvalue weighted by Gasteiger charge is 2.46. The highest BCUT2D eigenvalue weighted by Crippen LogP contribution is 2.42. The first-order valence-electron chi connectivity index (χ1n) is 10.0. The van der Waals surface area contributed by atoms with E-state index in [1.807, 2.05) is 17.0 Å². The molecule has 2 aromatic carbocycles. The second kappa shape index (κ2) is 8.33. The number of benzene rings is 2. The van der Waals surface area contributed by atoms with Crippen molar-refractivity contribution in [3.63, 3.8) is 0 Å². The summed E-state index contributed by atoms with van der Waals surface area (Å²) in [4.78, 5) is 16.6. The minimum atomic E-state index is -0.261. The van der Waals surface area contributed by atoms with Crippen molar-refractivity contribution in [3.8, 4) is 5.75 Å². The number of hydrogen-bond donors (Lipinski definition) is 0. The molecule has 3 atom stereocenters. The molecule has 2 aliphatic rings. The number of carbonyl (C=O) groups excluding carboxylic acids is 1. The zero-order chi connectivity index (χ0) is 20.5. The van der Waals surface area contributed by atoms with Crippen LogP contribution in [0.5, 0.6) is 5.75 Å². The van der Waals surface area contributed by atoms with E-state index >= 15 is 0 Å². The van der Waals surface area contributed by atoms with Crippen LogP contribution in [0.4, 0.5) is 4.39 Å². The first-order valence-corrected chi connectivity index (χ1v) is 10.4. The third-order valence-electron chi connectivity index (χ3n) is 6.41. The second-order valence-electron chi connectivity index (χ2n) is 8.01. The van der Waals surface area contributed by atoms with Crippen molar-refractivity contribution in [1.29, 1.82) is 0 Å². The minimum absolute atomic E-state index is 0.126. The van der Waals surface area contributed by atoms with Gasteiger partial charge in [0.05, 0.1) is 7.11 Å². The maximum Gasteiger partial charge on any atom is 0.219 e. The van der Waals surface area contributed by atoms with Gasteiger partial charge in [0.15, 0.2) is 0 Å². The number of hydrogen-bond acceptors (Lipinski definition) is 3. The summed E-state index contributed by atoms with van der Waals surface area (Å²) in [5.74, 6) is 1.26. The predicted octanol–water partition coefficient (Wildman–Crippen LogP) is 4.32. The second-order valence-corrected chi connectivity index (χ2v) is 8.41. The molecule has 154 valence electrons. The van der Waals surface area contributed by atoms with Gasteiger partial charge in [0, 0.05) is 61.6 Å². The highest BCUT2D eigenvalue weighted by molar-refractivity contribution is 6.31. The summed E-state index contributed by atoms with van der Waals surface area (Å²) in [7, 11) is 1.66. The number of methoxy groups -OCH3 is 1. The van der Waals surface area contributed by atoms with E-state index < -0.39 is 0 Å². The van der Waals surface area contributed by atoms with Gasteiger partial charge >= 0.3 is 0 Å². The average molecular weight is 417 g/mol. The van der Waals surface area contributed by atoms with Gasteiger partial charge in [-0.3, -0.25) is 9.69 Å². The summed E-state index contributed by atoms with van der Waals surface area (Å²) in [6.07, 6.45) is 0.892. The van der Waals surface area contributed by atoms with Crippen molar-refractivity contribution in [3.05, 3.63) is 64.4 Å². The van der Waals surface area contributed by atoms with E-state index in [1.54, 1.807) is 26.2 Å². The molecule has 2 saturated heterocycles. The summed E-state index contributed by atoms with van der Waals surface area (Å²) in [5, 5.41) is 0.468. The summed E-state index contributed by atoms with van der Waals surface area (Å²) in [6, 6.07) is 13.2. The van der Waals surface area contributed by atoms with Gasteiger partial charge in [-0.1, -0.05) is 29.8 Å². The van der Waals surface area contributed by atoms with Crippen LogP contribution in [0.3, 0.4) is 0 Å². The highest BCUT2D eigenvalue weighted by atomic mass is 35.5. The SMILES string of the molecule is COc1ccc([C@H]2CN(C(C)=O)[C@@H]3CCN(Cc4c(F)cccc4Cl)C[C@H]23)cc1. The van der Waals surface area contributed by atoms with Gasteiger partial charge in [-0.2, -0.15) is 0 Å². The molecular weight excluding hydrogens is 391 g/mol. The molecule has 4 rings (SSSR count). The molecule has 29 heavy (non-hydrogen) atoms. The number of halogens is 2. The van der Waals surface area contributed by atoms with Crippen molar-refractivity contribution in [1.82, 2.24) is 9.80 Å². The molecule has 6 heteroatoms. The van der Waals surface area contributed by atoms with Crippen LogP contribution in [-0.4, -0.2) is 48.5 Å². The maximum absolute atomic E-state index is 14.3. The van der Waals surface area contributed by atoms with Gasteiger partial charge in [0.1, 0.15) is 11.6 Å². The lowest BCUT2D eigenvalue weighted by Gasteiger charge is -2.39. The number of carbonyl (C=O) groups is 1. The molecule has 0 aromatic heterocycles. The smallest absolute Gasteiger partial charge is 0.219 e. The van der Waals surface area contributed by atoms with Crippen LogP contribution in [0.2, 0.25) is 5.02 Å². The zero-order valence-corrected chi connectivity index (χ0v) is 17.5. The Morgan fingerprint density at radius 2 is 1.97 bits per heavy atom. The van der Waals surface area contributed by atoms with Crippen LogP contribution in [0.15, 0.2) is 42.5 Å². The van der Waals surface area contributed by atoms with Gasteiger partial charge in [-0.25, -0.2) is 4.39 Å². The molecule has 0 bridgehead atoms. The van der Waals surface area contributed by atoms with Gasteiger partial charge in [0.2, 0.25) is 5.91 Å². The molecule has 0 radical (unpaired) electrons. The fourth-order valence-corrected chi connectivity index (χ4v) is 5.14. The van der Waals surface area contributed by atoms with Crippen LogP contribution < -0.4 is 4.74 Å². The van der Waals surface area contributed by atoms with Crippen LogP contribution in [0.1, 0.15) is 30.4 Å². The third-order valence-corrected chi connectivity index (χ3v) is 6.76. The molecule has 1 amide bonds. The van der Waals surface area contributed by atoms with E-state index in [9.17, 15) is 9.18 Å². The molecule has 0 spiro atoms. The first-order chi connectivity index (χ1) is 14.0. The van der Waals surface area contributed by atoms with Gasteiger partial charge in [0.25, 0.3) is 0 Å². The lowest BCUT2D eigenvalue weighted by Crippen LogP contribution is -2.47. The summed E-state index contributed by atoms with van der Waals surface area (Å²) >= 11 is 6.25. The van der Waals surface area contributed by atoms with Gasteiger partial charge in [-0.15, -0.1) is 0 Å². The van der Waals surface area contributed by atoms with Crippen LogP contribution >= 0.6 is 11.6 Å². The number of rotatable bonds is 4. The molecule has 2 fully saturated rings. The monoisotopic (exact) mass is 416 g/mol. The largest absolute Gasteiger partial charge is 0.497 e. The number of likely N-dealkylation sites (tertiary alicyclic amines) is 2. The topological polar surface area (TPSA) is 32.8 Å². The fourth-order valence-electron chi connectivity index (χ4n) is 4.92. The standard InChI is InChI=1S/C23H26ClFN2O2/c1-15(28)27-14-18(16-6-8-17(29-2)9-7-16)19-12-26(11-10-23(19)27)13-20-21(24)4-3-5-22(20)25/h3-9,18-19,23H,10-14H2,1-2H3/t18-,19-,23-/m1/s1. The number of fused-ring (bicyclic) bond motifs is 1. The Labute approximate surface area is 176 Å². The van der Waals surface area contributed by atoms with Gasteiger partial charge in [-0.05, 0) is 36.2 Å². The number of amides is 1. The van der Waals surface area contributed by atoms with E-state index in [1.165, 1.54) is 11.6 Å². The maximum atomic E-state index is 14.3. The number of ether oxygens (including phenoxy) is 1. The summed E-state index contributed by atoms with van der Waals surface area (Å²) < 4.78 is 19.6. The van der Waals surface area contributed by atoms with Crippen molar-refractivity contribution in [2.24, 2.45) is 5.92 Å². The Hall–Kier alpha value is -2.11. The van der Waals surface area contributed by atoms with E-state index in [0.717, 1.165) is 31.8 Å². The summed E-state index contributed by atoms with van der Waals surface area (Å²) in [6.45, 7) is 4.51. The van der Waals surface area contributed by atoms with Crippen LogP contribution in [0, 0.1) is 11.7 Å². The van der Waals surface area contributed by atoms with E-state index in [0.29, 0.717) is 23.0 Å². The normalized spacial score (nSPS) is 24.4. The summed E-state index contributed by atoms with van der Waals surface area (Å²) in [5.41, 5.74) is 1.77. The lowest BCUT2D eigenvalue weighted by molar-refractivity contribution is -0.130. The molecule has 2 aliphatic heterocycles. The van der Waals surface area contributed by atoms with Crippen molar-refractivity contribution in [2.45, 2.75) is 31.8 Å². The molecular formula is C23H26ClFN2O2. The van der Waals surface area contributed by atoms with Crippen molar-refractivity contribution in [2.75, 3.05) is 26.7 Å². The Kier molecular flexibility index (Phi) is 5.79. The molecule has 0 N–H and O–H groups in total. The molecule has 0 saturated carbocycles. The van der Waals surface area contributed by atoms with E-state index in [4.69, 9.17) is 16.3 Å². The zero-order valence-electron chi connectivity index (χ0n) is 16.8. The molecule has 4 nitrogen and oxygen atoms in total. The average Bonchev–Trinajstić information content (AvgIpc) is 3.10. The fraction of sp³-hybridized carbons (Fsp3) is 0.435. The van der Waals surface area contributed by atoms with Crippen LogP contribution in [-0.2, 0) is 11.3 Å². The Balaban J connectivity index is 1.57. The molecule has 0 aliphatic carbocycles. The quantitative estimate of drug-likeness (QED) is 0.744. The van der Waals surface area contributed by atoms with E-state index in [2.05, 4.69) is 17.0 Å². The molecule has 2 heterocycles. The Bertz CT molecular complexity index is 869.